The molecule has 0 bridgehead atoms. The number of halogens is 1. The molecule has 28 heavy (non-hydrogen) atoms. The van der Waals surface area contributed by atoms with E-state index < -0.39 is 11.6 Å². The molecule has 0 radical (unpaired) electrons. The molecule has 3 aromatic rings. The zero-order valence-electron chi connectivity index (χ0n) is 15.0. The monoisotopic (exact) mass is 382 g/mol. The number of amides is 1. The van der Waals surface area contributed by atoms with Crippen LogP contribution in [0, 0.1) is 0 Å². The van der Waals surface area contributed by atoms with Crippen molar-refractivity contribution in [1.82, 2.24) is 19.3 Å². The van der Waals surface area contributed by atoms with Gasteiger partial charge in [0.2, 0.25) is 5.91 Å². The highest BCUT2D eigenvalue weighted by molar-refractivity contribution is 5.77. The molecule has 0 atom stereocenters. The van der Waals surface area contributed by atoms with Crippen LogP contribution in [-0.2, 0) is 17.8 Å². The SMILES string of the molecule is NC/C(=C\F)Cn1ncn(-c2cc(-c3ccc(CC(N)=O)cc3)ccn2)c1=O. The van der Waals surface area contributed by atoms with Gasteiger partial charge in [-0.3, -0.25) is 4.79 Å². The summed E-state index contributed by atoms with van der Waals surface area (Å²) in [4.78, 5) is 27.7. The first-order chi connectivity index (χ1) is 13.5. The summed E-state index contributed by atoms with van der Waals surface area (Å²) in [6.07, 6.45) is 3.47. The molecule has 1 aromatic carbocycles. The molecule has 0 fully saturated rings. The fourth-order valence-corrected chi connectivity index (χ4v) is 2.68. The summed E-state index contributed by atoms with van der Waals surface area (Å²) < 4.78 is 15.1. The van der Waals surface area contributed by atoms with E-state index in [4.69, 9.17) is 11.5 Å². The van der Waals surface area contributed by atoms with Crippen LogP contribution < -0.4 is 17.2 Å². The Morgan fingerprint density at radius 1 is 1.18 bits per heavy atom. The summed E-state index contributed by atoms with van der Waals surface area (Å²) in [5, 5.41) is 3.99. The van der Waals surface area contributed by atoms with Crippen molar-refractivity contribution in [3.8, 4) is 16.9 Å². The largest absolute Gasteiger partial charge is 0.369 e. The minimum Gasteiger partial charge on any atom is -0.369 e. The van der Waals surface area contributed by atoms with Gasteiger partial charge in [0.05, 0.1) is 19.3 Å². The van der Waals surface area contributed by atoms with Crippen LogP contribution in [0.5, 0.6) is 0 Å². The van der Waals surface area contributed by atoms with Gasteiger partial charge in [0.15, 0.2) is 0 Å². The molecule has 0 spiro atoms. The number of primary amides is 1. The highest BCUT2D eigenvalue weighted by atomic mass is 19.1. The molecule has 0 saturated heterocycles. The number of carbonyl (C=O) groups is 1. The Balaban J connectivity index is 1.89. The number of benzene rings is 1. The van der Waals surface area contributed by atoms with Crippen molar-refractivity contribution in [2.45, 2.75) is 13.0 Å². The Morgan fingerprint density at radius 2 is 1.93 bits per heavy atom. The summed E-state index contributed by atoms with van der Waals surface area (Å²) >= 11 is 0. The number of hydrogen-bond acceptors (Lipinski definition) is 5. The van der Waals surface area contributed by atoms with E-state index in [9.17, 15) is 14.0 Å². The zero-order chi connectivity index (χ0) is 20.1. The van der Waals surface area contributed by atoms with Gasteiger partial charge in [-0.15, -0.1) is 0 Å². The van der Waals surface area contributed by atoms with Crippen LogP contribution in [0.15, 0.2) is 65.6 Å². The number of aromatic nitrogens is 4. The summed E-state index contributed by atoms with van der Waals surface area (Å²) in [7, 11) is 0. The minimum absolute atomic E-state index is 0.00468. The van der Waals surface area contributed by atoms with Crippen LogP contribution in [0.4, 0.5) is 4.39 Å². The molecule has 4 N–H and O–H groups in total. The standard InChI is InChI=1S/C19H19FN6O2/c20-9-14(10-21)11-26-19(28)25(12-24-26)18-8-16(5-6-23-18)15-3-1-13(2-4-15)7-17(22)27/h1-6,8-9,12H,7,10-11,21H2,(H2,22,27)/b14-9+. The fraction of sp³-hybridized carbons (Fsp3) is 0.158. The number of pyridine rings is 1. The molecular formula is C19H19FN6O2. The topological polar surface area (TPSA) is 122 Å². The summed E-state index contributed by atoms with van der Waals surface area (Å²) in [5.41, 5.74) is 13.0. The quantitative estimate of drug-likeness (QED) is 0.630. The van der Waals surface area contributed by atoms with Crippen molar-refractivity contribution in [3.05, 3.63) is 76.9 Å². The zero-order valence-corrected chi connectivity index (χ0v) is 15.0. The highest BCUT2D eigenvalue weighted by Crippen LogP contribution is 2.21. The van der Waals surface area contributed by atoms with Crippen molar-refractivity contribution in [1.29, 1.82) is 0 Å². The van der Waals surface area contributed by atoms with E-state index in [1.54, 1.807) is 18.3 Å². The van der Waals surface area contributed by atoms with Crippen molar-refractivity contribution in [2.75, 3.05) is 6.54 Å². The van der Waals surface area contributed by atoms with Crippen molar-refractivity contribution in [2.24, 2.45) is 11.5 Å². The average molecular weight is 382 g/mol. The molecule has 3 rings (SSSR count). The number of nitrogens with two attached hydrogens (primary N) is 2. The van der Waals surface area contributed by atoms with Crippen molar-refractivity contribution in [3.63, 3.8) is 0 Å². The Hall–Kier alpha value is -3.59. The Bertz CT molecular complexity index is 1070. The van der Waals surface area contributed by atoms with E-state index in [-0.39, 0.29) is 25.1 Å². The average Bonchev–Trinajstić information content (AvgIpc) is 3.06. The molecule has 9 heteroatoms. The molecule has 0 saturated carbocycles. The number of nitrogens with zero attached hydrogens (tertiary/aromatic N) is 4. The van der Waals surface area contributed by atoms with E-state index in [0.29, 0.717) is 12.1 Å². The second kappa shape index (κ2) is 8.40. The van der Waals surface area contributed by atoms with Gasteiger partial charge in [-0.1, -0.05) is 24.3 Å². The molecule has 8 nitrogen and oxygen atoms in total. The van der Waals surface area contributed by atoms with E-state index in [1.807, 2.05) is 24.3 Å². The molecule has 0 aliphatic rings. The van der Waals surface area contributed by atoms with Crippen LogP contribution >= 0.6 is 0 Å². The van der Waals surface area contributed by atoms with Gasteiger partial charge >= 0.3 is 5.69 Å². The molecule has 1 amide bonds. The lowest BCUT2D eigenvalue weighted by Crippen LogP contribution is -2.26. The lowest BCUT2D eigenvalue weighted by Gasteiger charge is -2.06. The highest BCUT2D eigenvalue weighted by Gasteiger charge is 2.10. The third-order valence-corrected chi connectivity index (χ3v) is 4.16. The second-order valence-corrected chi connectivity index (χ2v) is 6.16. The Kier molecular flexibility index (Phi) is 5.75. The predicted molar refractivity (Wildman–Crippen MR) is 102 cm³/mol. The van der Waals surface area contributed by atoms with Crippen LogP contribution in [0.25, 0.3) is 16.9 Å². The van der Waals surface area contributed by atoms with Gasteiger partial charge in [-0.25, -0.2) is 23.4 Å². The maximum Gasteiger partial charge on any atom is 0.351 e. The molecule has 0 unspecified atom stereocenters. The van der Waals surface area contributed by atoms with Gasteiger partial charge in [-0.05, 0) is 34.4 Å². The lowest BCUT2D eigenvalue weighted by molar-refractivity contribution is -0.117. The van der Waals surface area contributed by atoms with Gasteiger partial charge in [-0.2, -0.15) is 5.10 Å². The minimum atomic E-state index is -0.450. The summed E-state index contributed by atoms with van der Waals surface area (Å²) in [6.45, 7) is -0.0326. The third kappa shape index (κ3) is 4.21. The lowest BCUT2D eigenvalue weighted by atomic mass is 10.0. The van der Waals surface area contributed by atoms with Gasteiger partial charge in [0.25, 0.3) is 0 Å². The normalized spacial score (nSPS) is 11.6. The van der Waals surface area contributed by atoms with E-state index in [2.05, 4.69) is 10.1 Å². The van der Waals surface area contributed by atoms with E-state index in [0.717, 1.165) is 21.4 Å². The maximum atomic E-state index is 12.7. The second-order valence-electron chi connectivity index (χ2n) is 6.16. The smallest absolute Gasteiger partial charge is 0.351 e. The number of carbonyl (C=O) groups excluding carboxylic acids is 1. The van der Waals surface area contributed by atoms with Crippen LogP contribution in [0.2, 0.25) is 0 Å². The first kappa shape index (κ1) is 19.2. The maximum absolute atomic E-state index is 12.7. The van der Waals surface area contributed by atoms with E-state index >= 15 is 0 Å². The number of rotatable bonds is 7. The molecule has 144 valence electrons. The fourth-order valence-electron chi connectivity index (χ4n) is 2.68. The van der Waals surface area contributed by atoms with Gasteiger partial charge < -0.3 is 11.5 Å². The number of hydrogen-bond donors (Lipinski definition) is 2. The van der Waals surface area contributed by atoms with Gasteiger partial charge in [0.1, 0.15) is 12.1 Å². The summed E-state index contributed by atoms with van der Waals surface area (Å²) in [6, 6.07) is 10.9. The molecule has 2 heterocycles. The molecule has 2 aromatic heterocycles. The first-order valence-electron chi connectivity index (χ1n) is 8.48. The third-order valence-electron chi connectivity index (χ3n) is 4.16. The molecule has 0 aliphatic heterocycles. The van der Waals surface area contributed by atoms with Crippen molar-refractivity contribution < 1.29 is 9.18 Å². The first-order valence-corrected chi connectivity index (χ1v) is 8.48. The molecular weight excluding hydrogens is 363 g/mol. The Labute approximate surface area is 159 Å². The van der Waals surface area contributed by atoms with E-state index in [1.165, 1.54) is 10.9 Å². The van der Waals surface area contributed by atoms with Crippen LogP contribution in [0.3, 0.4) is 0 Å². The van der Waals surface area contributed by atoms with Crippen LogP contribution in [0.1, 0.15) is 5.56 Å². The summed E-state index contributed by atoms with van der Waals surface area (Å²) in [5.74, 6) is -0.00998. The Morgan fingerprint density at radius 3 is 2.57 bits per heavy atom. The van der Waals surface area contributed by atoms with Crippen molar-refractivity contribution >= 4 is 5.91 Å². The van der Waals surface area contributed by atoms with Crippen LogP contribution in [-0.4, -0.2) is 31.8 Å². The predicted octanol–water partition coefficient (Wildman–Crippen LogP) is 0.936. The molecule has 0 aliphatic carbocycles. The van der Waals surface area contributed by atoms with Gasteiger partial charge in [0, 0.05) is 12.7 Å².